The molecule has 1 saturated carbocycles. The van der Waals surface area contributed by atoms with Crippen LogP contribution in [0.4, 0.5) is 4.39 Å². The summed E-state index contributed by atoms with van der Waals surface area (Å²) >= 11 is 1.60. The zero-order chi connectivity index (χ0) is 13.9. The van der Waals surface area contributed by atoms with Crippen molar-refractivity contribution in [3.05, 3.63) is 30.1 Å². The van der Waals surface area contributed by atoms with Crippen molar-refractivity contribution < 1.29 is 9.50 Å². The van der Waals surface area contributed by atoms with Gasteiger partial charge in [-0.3, -0.25) is 0 Å². The van der Waals surface area contributed by atoms with Gasteiger partial charge in [0.25, 0.3) is 0 Å². The smallest absolute Gasteiger partial charge is 0.136 e. The molecule has 0 bridgehead atoms. The van der Waals surface area contributed by atoms with Crippen molar-refractivity contribution in [3.63, 3.8) is 0 Å². The van der Waals surface area contributed by atoms with Gasteiger partial charge in [-0.2, -0.15) is 0 Å². The molecule has 2 rings (SSSR count). The van der Waals surface area contributed by atoms with Gasteiger partial charge in [0.2, 0.25) is 0 Å². The van der Waals surface area contributed by atoms with Crippen molar-refractivity contribution in [3.8, 4) is 0 Å². The number of aliphatic hydroxyl groups excluding tert-OH is 1. The summed E-state index contributed by atoms with van der Waals surface area (Å²) in [5.74, 6) is -0.147. The quantitative estimate of drug-likeness (QED) is 0.870. The number of hydrogen-bond donors (Lipinski definition) is 2. The second kappa shape index (κ2) is 6.25. The molecule has 0 saturated heterocycles. The maximum atomic E-state index is 13.6. The molecule has 1 aromatic carbocycles. The number of thioether (sulfide) groups is 1. The van der Waals surface area contributed by atoms with Gasteiger partial charge in [0.15, 0.2) is 0 Å². The van der Waals surface area contributed by atoms with Gasteiger partial charge < -0.3 is 10.4 Å². The van der Waals surface area contributed by atoms with Crippen LogP contribution >= 0.6 is 11.8 Å². The lowest BCUT2D eigenvalue weighted by molar-refractivity contribution is 0.156. The molecule has 1 fully saturated rings. The van der Waals surface area contributed by atoms with Gasteiger partial charge in [0.1, 0.15) is 5.82 Å². The van der Waals surface area contributed by atoms with Crippen molar-refractivity contribution in [1.82, 2.24) is 5.32 Å². The van der Waals surface area contributed by atoms with Crippen LogP contribution in [0.15, 0.2) is 29.2 Å². The topological polar surface area (TPSA) is 32.3 Å². The fourth-order valence-electron chi connectivity index (χ4n) is 2.83. The average molecular weight is 283 g/mol. The summed E-state index contributed by atoms with van der Waals surface area (Å²) in [7, 11) is 0. The van der Waals surface area contributed by atoms with E-state index in [-0.39, 0.29) is 18.0 Å². The highest BCUT2D eigenvalue weighted by Crippen LogP contribution is 2.40. The van der Waals surface area contributed by atoms with Crippen molar-refractivity contribution >= 4 is 11.8 Å². The van der Waals surface area contributed by atoms with Crippen LogP contribution in [0.25, 0.3) is 0 Å². The Morgan fingerprint density at radius 3 is 2.84 bits per heavy atom. The van der Waals surface area contributed by atoms with E-state index in [0.29, 0.717) is 16.2 Å². The summed E-state index contributed by atoms with van der Waals surface area (Å²) in [6, 6.07) is 7.26. The van der Waals surface area contributed by atoms with E-state index >= 15 is 0 Å². The Hall–Kier alpha value is -0.580. The molecule has 2 nitrogen and oxygen atoms in total. The average Bonchev–Trinajstić information content (AvgIpc) is 2.75. The van der Waals surface area contributed by atoms with Gasteiger partial charge in [-0.05, 0) is 31.4 Å². The first-order valence-corrected chi connectivity index (χ1v) is 7.72. The maximum absolute atomic E-state index is 13.6. The summed E-state index contributed by atoms with van der Waals surface area (Å²) < 4.78 is 13.6. The largest absolute Gasteiger partial charge is 0.394 e. The van der Waals surface area contributed by atoms with Gasteiger partial charge >= 0.3 is 0 Å². The number of halogens is 1. The van der Waals surface area contributed by atoms with E-state index in [9.17, 15) is 9.50 Å². The molecule has 0 aromatic heterocycles. The van der Waals surface area contributed by atoms with Gasteiger partial charge in [0, 0.05) is 21.7 Å². The molecular formula is C15H22FNOS. The Morgan fingerprint density at radius 2 is 2.21 bits per heavy atom. The van der Waals surface area contributed by atoms with Gasteiger partial charge in [0.05, 0.1) is 6.61 Å². The SMILES string of the molecule is CC(C)NC1(CO)CCC(Sc2ccccc2F)C1. The summed E-state index contributed by atoms with van der Waals surface area (Å²) in [5.41, 5.74) is -0.183. The molecule has 0 amide bonds. The number of hydrogen-bond acceptors (Lipinski definition) is 3. The van der Waals surface area contributed by atoms with Crippen molar-refractivity contribution in [2.24, 2.45) is 0 Å². The molecule has 0 radical (unpaired) electrons. The molecular weight excluding hydrogens is 261 g/mol. The third kappa shape index (κ3) is 3.71. The van der Waals surface area contributed by atoms with E-state index in [4.69, 9.17) is 0 Å². The normalized spacial score (nSPS) is 27.1. The second-order valence-corrected chi connectivity index (χ2v) is 6.99. The molecule has 1 aliphatic rings. The van der Waals surface area contributed by atoms with Crippen LogP contribution in [0.1, 0.15) is 33.1 Å². The zero-order valence-electron chi connectivity index (χ0n) is 11.5. The fourth-order valence-corrected chi connectivity index (χ4v) is 4.17. The minimum absolute atomic E-state index is 0.147. The fraction of sp³-hybridized carbons (Fsp3) is 0.600. The Bertz CT molecular complexity index is 426. The van der Waals surface area contributed by atoms with Crippen molar-refractivity contribution in [2.75, 3.05) is 6.61 Å². The van der Waals surface area contributed by atoms with E-state index in [0.717, 1.165) is 19.3 Å². The highest BCUT2D eigenvalue weighted by atomic mass is 32.2. The summed E-state index contributed by atoms with van der Waals surface area (Å²) in [4.78, 5) is 0.714. The van der Waals surface area contributed by atoms with E-state index in [1.165, 1.54) is 6.07 Å². The number of nitrogens with one attached hydrogen (secondary N) is 1. The van der Waals surface area contributed by atoms with Crippen LogP contribution in [0.5, 0.6) is 0 Å². The molecule has 0 spiro atoms. The van der Waals surface area contributed by atoms with Gasteiger partial charge in [-0.25, -0.2) is 4.39 Å². The molecule has 1 aromatic rings. The highest BCUT2D eigenvalue weighted by Gasteiger charge is 2.39. The number of benzene rings is 1. The van der Waals surface area contributed by atoms with E-state index in [2.05, 4.69) is 19.2 Å². The van der Waals surface area contributed by atoms with Crippen LogP contribution in [-0.2, 0) is 0 Å². The Morgan fingerprint density at radius 1 is 1.47 bits per heavy atom. The number of aliphatic hydroxyl groups is 1. The Kier molecular flexibility index (Phi) is 4.87. The van der Waals surface area contributed by atoms with E-state index in [1.54, 1.807) is 17.8 Å². The van der Waals surface area contributed by atoms with Crippen molar-refractivity contribution in [2.45, 2.75) is 54.8 Å². The van der Waals surface area contributed by atoms with E-state index in [1.807, 2.05) is 12.1 Å². The lowest BCUT2D eigenvalue weighted by Gasteiger charge is -2.31. The predicted octanol–water partition coefficient (Wildman–Crippen LogP) is 3.20. The molecule has 4 heteroatoms. The maximum Gasteiger partial charge on any atom is 0.136 e. The minimum Gasteiger partial charge on any atom is -0.394 e. The summed E-state index contributed by atoms with van der Waals surface area (Å²) in [5, 5.41) is 13.5. The third-order valence-corrected chi connectivity index (χ3v) is 4.91. The van der Waals surface area contributed by atoms with Crippen LogP contribution < -0.4 is 5.32 Å². The zero-order valence-corrected chi connectivity index (χ0v) is 12.3. The molecule has 0 heterocycles. The Balaban J connectivity index is 2.00. The molecule has 106 valence electrons. The minimum atomic E-state index is -0.183. The van der Waals surface area contributed by atoms with Gasteiger partial charge in [-0.1, -0.05) is 26.0 Å². The van der Waals surface area contributed by atoms with E-state index < -0.39 is 0 Å². The molecule has 1 aliphatic carbocycles. The van der Waals surface area contributed by atoms with Crippen LogP contribution in [0.3, 0.4) is 0 Å². The lowest BCUT2D eigenvalue weighted by Crippen LogP contribution is -2.49. The second-order valence-electron chi connectivity index (χ2n) is 5.65. The lowest BCUT2D eigenvalue weighted by atomic mass is 9.98. The van der Waals surface area contributed by atoms with Crippen LogP contribution in [0.2, 0.25) is 0 Å². The molecule has 2 N–H and O–H groups in total. The third-order valence-electron chi connectivity index (χ3n) is 3.59. The predicted molar refractivity (Wildman–Crippen MR) is 78.0 cm³/mol. The first kappa shape index (κ1) is 14.8. The van der Waals surface area contributed by atoms with Crippen LogP contribution in [-0.4, -0.2) is 28.5 Å². The Labute approximate surface area is 118 Å². The molecule has 2 unspecified atom stereocenters. The first-order chi connectivity index (χ1) is 9.04. The molecule has 19 heavy (non-hydrogen) atoms. The first-order valence-electron chi connectivity index (χ1n) is 6.84. The summed E-state index contributed by atoms with van der Waals surface area (Å²) in [6.45, 7) is 4.34. The molecule has 0 aliphatic heterocycles. The number of rotatable bonds is 5. The highest BCUT2D eigenvalue weighted by molar-refractivity contribution is 8.00. The monoisotopic (exact) mass is 283 g/mol. The van der Waals surface area contributed by atoms with Gasteiger partial charge in [-0.15, -0.1) is 11.8 Å². The summed E-state index contributed by atoms with van der Waals surface area (Å²) in [6.07, 6.45) is 2.85. The van der Waals surface area contributed by atoms with Crippen LogP contribution in [0, 0.1) is 5.82 Å². The molecule has 2 atom stereocenters. The van der Waals surface area contributed by atoms with Crippen molar-refractivity contribution in [1.29, 1.82) is 0 Å². The standard InChI is InChI=1S/C15H22FNOS/c1-11(2)17-15(10-18)8-7-12(9-15)19-14-6-4-3-5-13(14)16/h3-6,11-12,17-18H,7-10H2,1-2H3.